The SMILES string of the molecule is Cc1cc(F)ccc1C(=O)C1(O)CCCCC1. The van der Waals surface area contributed by atoms with Crippen LogP contribution in [-0.2, 0) is 0 Å². The molecular weight excluding hydrogens is 219 g/mol. The fourth-order valence-electron chi connectivity index (χ4n) is 2.50. The van der Waals surface area contributed by atoms with E-state index in [4.69, 9.17) is 0 Å². The molecule has 1 aromatic carbocycles. The number of carbonyl (C=O) groups excluding carboxylic acids is 1. The first-order valence-electron chi connectivity index (χ1n) is 6.06. The Morgan fingerprint density at radius 3 is 2.53 bits per heavy atom. The van der Waals surface area contributed by atoms with Crippen LogP contribution in [0.3, 0.4) is 0 Å². The molecule has 0 aliphatic heterocycles. The van der Waals surface area contributed by atoms with E-state index in [1.165, 1.54) is 18.2 Å². The Morgan fingerprint density at radius 2 is 1.94 bits per heavy atom. The number of carbonyl (C=O) groups is 1. The Hall–Kier alpha value is -1.22. The molecule has 1 aliphatic carbocycles. The number of ketones is 1. The minimum absolute atomic E-state index is 0.255. The van der Waals surface area contributed by atoms with Crippen LogP contribution >= 0.6 is 0 Å². The molecule has 1 aromatic rings. The summed E-state index contributed by atoms with van der Waals surface area (Å²) in [6.07, 6.45) is 3.86. The number of hydrogen-bond acceptors (Lipinski definition) is 2. The third kappa shape index (κ3) is 2.39. The molecule has 92 valence electrons. The van der Waals surface area contributed by atoms with Crippen LogP contribution in [0.5, 0.6) is 0 Å². The van der Waals surface area contributed by atoms with Crippen molar-refractivity contribution in [1.29, 1.82) is 0 Å². The normalized spacial score (nSPS) is 19.0. The maximum absolute atomic E-state index is 13.0. The Bertz CT molecular complexity index is 434. The van der Waals surface area contributed by atoms with Gasteiger partial charge in [0.1, 0.15) is 11.4 Å². The second-order valence-corrected chi connectivity index (χ2v) is 4.88. The number of aliphatic hydroxyl groups is 1. The van der Waals surface area contributed by atoms with Crippen molar-refractivity contribution in [1.82, 2.24) is 0 Å². The van der Waals surface area contributed by atoms with E-state index in [1.807, 2.05) is 0 Å². The van der Waals surface area contributed by atoms with Gasteiger partial charge in [-0.3, -0.25) is 4.79 Å². The maximum atomic E-state index is 13.0. The van der Waals surface area contributed by atoms with Crippen molar-refractivity contribution < 1.29 is 14.3 Å². The molecule has 0 bridgehead atoms. The minimum atomic E-state index is -1.24. The molecule has 17 heavy (non-hydrogen) atoms. The van der Waals surface area contributed by atoms with Gasteiger partial charge in [0, 0.05) is 5.56 Å². The van der Waals surface area contributed by atoms with Crippen LogP contribution in [0.1, 0.15) is 48.0 Å². The van der Waals surface area contributed by atoms with E-state index in [-0.39, 0.29) is 11.6 Å². The molecule has 0 heterocycles. The van der Waals surface area contributed by atoms with E-state index in [0.717, 1.165) is 19.3 Å². The Morgan fingerprint density at radius 1 is 1.29 bits per heavy atom. The lowest BCUT2D eigenvalue weighted by atomic mass is 9.79. The van der Waals surface area contributed by atoms with Crippen molar-refractivity contribution in [3.8, 4) is 0 Å². The summed E-state index contributed by atoms with van der Waals surface area (Å²) in [5.74, 6) is -0.607. The fraction of sp³-hybridized carbons (Fsp3) is 0.500. The van der Waals surface area contributed by atoms with Gasteiger partial charge < -0.3 is 5.11 Å². The summed E-state index contributed by atoms with van der Waals surface area (Å²) in [5, 5.41) is 10.3. The van der Waals surface area contributed by atoms with Gasteiger partial charge in [-0.15, -0.1) is 0 Å². The van der Waals surface area contributed by atoms with Crippen molar-refractivity contribution in [3.05, 3.63) is 35.1 Å². The molecule has 2 rings (SSSR count). The largest absolute Gasteiger partial charge is 0.382 e. The summed E-state index contributed by atoms with van der Waals surface area (Å²) in [6.45, 7) is 1.70. The molecule has 1 aliphatic rings. The average Bonchev–Trinajstić information content (AvgIpc) is 2.29. The van der Waals surface area contributed by atoms with Gasteiger partial charge in [0.05, 0.1) is 0 Å². The highest BCUT2D eigenvalue weighted by Crippen LogP contribution is 2.31. The monoisotopic (exact) mass is 236 g/mol. The molecule has 1 fully saturated rings. The molecule has 1 N–H and O–H groups in total. The minimum Gasteiger partial charge on any atom is -0.382 e. The summed E-state index contributed by atoms with van der Waals surface area (Å²) < 4.78 is 13.0. The first-order chi connectivity index (χ1) is 8.03. The van der Waals surface area contributed by atoms with Gasteiger partial charge in [-0.2, -0.15) is 0 Å². The zero-order valence-electron chi connectivity index (χ0n) is 10.0. The zero-order chi connectivity index (χ0) is 12.5. The quantitative estimate of drug-likeness (QED) is 0.801. The summed E-state index contributed by atoms with van der Waals surface area (Å²) >= 11 is 0. The lowest BCUT2D eigenvalue weighted by molar-refractivity contribution is 0.0115. The van der Waals surface area contributed by atoms with E-state index >= 15 is 0 Å². The highest BCUT2D eigenvalue weighted by molar-refractivity contribution is 6.03. The van der Waals surface area contributed by atoms with Crippen LogP contribution < -0.4 is 0 Å². The van der Waals surface area contributed by atoms with Crippen molar-refractivity contribution in [2.75, 3.05) is 0 Å². The van der Waals surface area contributed by atoms with Gasteiger partial charge in [0.25, 0.3) is 0 Å². The van der Waals surface area contributed by atoms with Gasteiger partial charge in [-0.1, -0.05) is 19.3 Å². The molecule has 0 atom stereocenters. The Balaban J connectivity index is 2.30. The van der Waals surface area contributed by atoms with Crippen molar-refractivity contribution in [2.45, 2.75) is 44.6 Å². The van der Waals surface area contributed by atoms with E-state index in [2.05, 4.69) is 0 Å². The van der Waals surface area contributed by atoms with Gasteiger partial charge >= 0.3 is 0 Å². The second kappa shape index (κ2) is 4.57. The highest BCUT2D eigenvalue weighted by Gasteiger charge is 2.37. The standard InChI is InChI=1S/C14H17FO2/c1-10-9-11(15)5-6-12(10)13(16)14(17)7-3-2-4-8-14/h5-6,9,17H,2-4,7-8H2,1H3. The summed E-state index contributed by atoms with van der Waals surface area (Å²) in [5.41, 5.74) is -0.203. The van der Waals surface area contributed by atoms with Crippen LogP contribution in [0.25, 0.3) is 0 Å². The maximum Gasteiger partial charge on any atom is 0.194 e. The highest BCUT2D eigenvalue weighted by atomic mass is 19.1. The summed E-state index contributed by atoms with van der Waals surface area (Å²) in [7, 11) is 0. The van der Waals surface area contributed by atoms with E-state index < -0.39 is 5.60 Å². The molecule has 0 spiro atoms. The number of Topliss-reactive ketones (excluding diaryl/α,β-unsaturated/α-hetero) is 1. The smallest absolute Gasteiger partial charge is 0.194 e. The average molecular weight is 236 g/mol. The third-order valence-electron chi connectivity index (χ3n) is 3.54. The Labute approximate surface area is 100 Å². The molecule has 0 unspecified atom stereocenters. The molecule has 0 aromatic heterocycles. The lowest BCUT2D eigenvalue weighted by Crippen LogP contribution is -2.40. The third-order valence-corrected chi connectivity index (χ3v) is 3.54. The predicted octanol–water partition coefficient (Wildman–Crippen LogP) is 3.01. The number of hydrogen-bond donors (Lipinski definition) is 1. The molecule has 2 nitrogen and oxygen atoms in total. The number of halogens is 1. The van der Waals surface area contributed by atoms with Crippen molar-refractivity contribution in [3.63, 3.8) is 0 Å². The summed E-state index contributed by atoms with van der Waals surface area (Å²) in [4.78, 5) is 12.3. The lowest BCUT2D eigenvalue weighted by Gasteiger charge is -2.30. The molecule has 1 saturated carbocycles. The number of benzene rings is 1. The van der Waals surface area contributed by atoms with E-state index in [9.17, 15) is 14.3 Å². The molecule has 0 saturated heterocycles. The van der Waals surface area contributed by atoms with Gasteiger partial charge in [-0.25, -0.2) is 4.39 Å². The first-order valence-corrected chi connectivity index (χ1v) is 6.06. The van der Waals surface area contributed by atoms with Gasteiger partial charge in [-0.05, 0) is 43.5 Å². The molecule has 3 heteroatoms. The first kappa shape index (κ1) is 12.2. The van der Waals surface area contributed by atoms with Gasteiger partial charge in [0.2, 0.25) is 0 Å². The fourth-order valence-corrected chi connectivity index (χ4v) is 2.50. The van der Waals surface area contributed by atoms with Crippen LogP contribution in [0, 0.1) is 12.7 Å². The van der Waals surface area contributed by atoms with Crippen LogP contribution in [0.4, 0.5) is 4.39 Å². The van der Waals surface area contributed by atoms with E-state index in [0.29, 0.717) is 24.0 Å². The second-order valence-electron chi connectivity index (χ2n) is 4.88. The van der Waals surface area contributed by atoms with Crippen LogP contribution in [0.2, 0.25) is 0 Å². The molecule has 0 radical (unpaired) electrons. The van der Waals surface area contributed by atoms with Crippen LogP contribution in [-0.4, -0.2) is 16.5 Å². The molecular formula is C14H17FO2. The number of aryl methyl sites for hydroxylation is 1. The van der Waals surface area contributed by atoms with Crippen molar-refractivity contribution in [2.24, 2.45) is 0 Å². The molecule has 0 amide bonds. The van der Waals surface area contributed by atoms with Crippen molar-refractivity contribution >= 4 is 5.78 Å². The Kier molecular flexibility index (Phi) is 3.29. The number of rotatable bonds is 2. The summed E-state index contributed by atoms with van der Waals surface area (Å²) in [6, 6.07) is 4.07. The predicted molar refractivity (Wildman–Crippen MR) is 63.5 cm³/mol. The van der Waals surface area contributed by atoms with Crippen LogP contribution in [0.15, 0.2) is 18.2 Å². The topological polar surface area (TPSA) is 37.3 Å². The zero-order valence-corrected chi connectivity index (χ0v) is 10.0. The van der Waals surface area contributed by atoms with E-state index in [1.54, 1.807) is 6.92 Å². The van der Waals surface area contributed by atoms with Gasteiger partial charge in [0.15, 0.2) is 5.78 Å².